The van der Waals surface area contributed by atoms with Gasteiger partial charge in [-0.3, -0.25) is 4.79 Å². The van der Waals surface area contributed by atoms with Gasteiger partial charge in [-0.05, 0) is 43.0 Å². The van der Waals surface area contributed by atoms with E-state index >= 15 is 0 Å². The zero-order valence-corrected chi connectivity index (χ0v) is 17.9. The van der Waals surface area contributed by atoms with Crippen LogP contribution in [-0.4, -0.2) is 41.9 Å². The second-order valence-corrected chi connectivity index (χ2v) is 10.1. The van der Waals surface area contributed by atoms with Crippen LogP contribution in [0.1, 0.15) is 33.6 Å². The Labute approximate surface area is 176 Å². The molecule has 7 heteroatoms. The van der Waals surface area contributed by atoms with Crippen LogP contribution in [0.3, 0.4) is 0 Å². The fraction of sp³-hybridized carbons (Fsp3) is 0.304. The van der Waals surface area contributed by atoms with E-state index in [4.69, 9.17) is 4.52 Å². The first-order chi connectivity index (χ1) is 14.3. The average molecular weight is 425 g/mol. The van der Waals surface area contributed by atoms with Crippen molar-refractivity contribution in [2.24, 2.45) is 0 Å². The molecule has 156 valence electrons. The molecule has 1 saturated heterocycles. The van der Waals surface area contributed by atoms with Gasteiger partial charge in [-0.15, -0.1) is 0 Å². The predicted octanol–water partition coefficient (Wildman–Crippen LogP) is 3.79. The van der Waals surface area contributed by atoms with Crippen molar-refractivity contribution >= 4 is 15.7 Å². The molecule has 2 heterocycles. The van der Waals surface area contributed by atoms with E-state index in [1.54, 1.807) is 11.0 Å². The fourth-order valence-electron chi connectivity index (χ4n) is 3.72. The maximum absolute atomic E-state index is 13.3. The summed E-state index contributed by atoms with van der Waals surface area (Å²) in [5.74, 6) is 0.274. The van der Waals surface area contributed by atoms with E-state index in [1.807, 2.05) is 62.4 Å². The zero-order valence-electron chi connectivity index (χ0n) is 17.0. The van der Waals surface area contributed by atoms with Crippen molar-refractivity contribution in [2.75, 3.05) is 11.5 Å². The van der Waals surface area contributed by atoms with Crippen molar-refractivity contribution in [2.45, 2.75) is 32.9 Å². The summed E-state index contributed by atoms with van der Waals surface area (Å²) in [5.41, 5.74) is 4.27. The molecule has 6 nitrogen and oxygen atoms in total. The molecule has 1 aromatic heterocycles. The molecule has 1 aliphatic rings. The summed E-state index contributed by atoms with van der Waals surface area (Å²) < 4.78 is 29.5. The SMILES string of the molecule is Cc1ccc(-c2cc(C(=O)N(Cc3ccccc3)[C@H]3CCS(=O)(=O)C3)no2)cc1C. The highest BCUT2D eigenvalue weighted by molar-refractivity contribution is 7.91. The highest BCUT2D eigenvalue weighted by atomic mass is 32.2. The lowest BCUT2D eigenvalue weighted by molar-refractivity contribution is 0.0670. The summed E-state index contributed by atoms with van der Waals surface area (Å²) in [6, 6.07) is 16.7. The Balaban J connectivity index is 1.63. The van der Waals surface area contributed by atoms with Gasteiger partial charge in [-0.1, -0.05) is 47.6 Å². The molecular weight excluding hydrogens is 400 g/mol. The number of hydrogen-bond donors (Lipinski definition) is 0. The molecule has 0 radical (unpaired) electrons. The predicted molar refractivity (Wildman–Crippen MR) is 115 cm³/mol. The summed E-state index contributed by atoms with van der Waals surface area (Å²) >= 11 is 0. The van der Waals surface area contributed by atoms with Crippen LogP contribution in [0.15, 0.2) is 59.1 Å². The highest BCUT2D eigenvalue weighted by Crippen LogP contribution is 2.26. The largest absolute Gasteiger partial charge is 0.355 e. The maximum Gasteiger partial charge on any atom is 0.276 e. The first-order valence-corrected chi connectivity index (χ1v) is 11.7. The lowest BCUT2D eigenvalue weighted by Gasteiger charge is -2.27. The molecule has 0 saturated carbocycles. The van der Waals surface area contributed by atoms with Crippen LogP contribution < -0.4 is 0 Å². The minimum atomic E-state index is -3.13. The number of benzene rings is 2. The van der Waals surface area contributed by atoms with Crippen LogP contribution in [0, 0.1) is 13.8 Å². The van der Waals surface area contributed by atoms with Crippen molar-refractivity contribution in [3.8, 4) is 11.3 Å². The first kappa shape index (κ1) is 20.3. The molecular formula is C23H24N2O4S. The summed E-state index contributed by atoms with van der Waals surface area (Å²) in [5, 5.41) is 4.00. The van der Waals surface area contributed by atoms with Crippen LogP contribution in [0.25, 0.3) is 11.3 Å². The Morgan fingerprint density at radius 1 is 1.10 bits per heavy atom. The third kappa shape index (κ3) is 4.31. The van der Waals surface area contributed by atoms with Crippen molar-refractivity contribution in [1.82, 2.24) is 10.1 Å². The fourth-order valence-corrected chi connectivity index (χ4v) is 5.45. The summed E-state index contributed by atoms with van der Waals surface area (Å²) in [4.78, 5) is 14.9. The number of nitrogens with zero attached hydrogens (tertiary/aromatic N) is 2. The quantitative estimate of drug-likeness (QED) is 0.623. The van der Waals surface area contributed by atoms with E-state index in [9.17, 15) is 13.2 Å². The number of carbonyl (C=O) groups is 1. The Morgan fingerprint density at radius 3 is 2.53 bits per heavy atom. The second kappa shape index (κ2) is 8.07. The van der Waals surface area contributed by atoms with E-state index < -0.39 is 9.84 Å². The van der Waals surface area contributed by atoms with Gasteiger partial charge in [-0.2, -0.15) is 0 Å². The summed E-state index contributed by atoms with van der Waals surface area (Å²) in [7, 11) is -3.13. The van der Waals surface area contributed by atoms with Gasteiger partial charge in [0.2, 0.25) is 0 Å². The highest BCUT2D eigenvalue weighted by Gasteiger charge is 2.36. The number of sulfone groups is 1. The molecule has 0 unspecified atom stereocenters. The molecule has 1 amide bonds. The van der Waals surface area contributed by atoms with Crippen LogP contribution in [0.5, 0.6) is 0 Å². The number of amides is 1. The van der Waals surface area contributed by atoms with Gasteiger partial charge in [0.15, 0.2) is 21.3 Å². The molecule has 1 atom stereocenters. The Kier molecular flexibility index (Phi) is 5.47. The van der Waals surface area contributed by atoms with Crippen molar-refractivity contribution < 1.29 is 17.7 Å². The van der Waals surface area contributed by atoms with E-state index in [0.717, 1.165) is 16.7 Å². The van der Waals surface area contributed by atoms with Gasteiger partial charge in [0.05, 0.1) is 11.5 Å². The molecule has 1 aliphatic heterocycles. The molecule has 1 fully saturated rings. The normalized spacial score (nSPS) is 17.7. The molecule has 0 spiro atoms. The molecule has 2 aromatic carbocycles. The van der Waals surface area contributed by atoms with Crippen molar-refractivity contribution in [3.63, 3.8) is 0 Å². The van der Waals surface area contributed by atoms with Crippen molar-refractivity contribution in [3.05, 3.63) is 77.0 Å². The molecule has 0 aliphatic carbocycles. The second-order valence-electron chi connectivity index (χ2n) is 7.85. The van der Waals surface area contributed by atoms with E-state index in [0.29, 0.717) is 18.7 Å². The number of carbonyl (C=O) groups excluding carboxylic acids is 1. The van der Waals surface area contributed by atoms with E-state index in [2.05, 4.69) is 5.16 Å². The van der Waals surface area contributed by atoms with Gasteiger partial charge in [0.1, 0.15) is 0 Å². The smallest absolute Gasteiger partial charge is 0.276 e. The average Bonchev–Trinajstić information content (AvgIpc) is 3.35. The molecule has 30 heavy (non-hydrogen) atoms. The Hall–Kier alpha value is -2.93. The van der Waals surface area contributed by atoms with Gasteiger partial charge in [0, 0.05) is 24.2 Å². The number of aryl methyl sites for hydroxylation is 2. The van der Waals surface area contributed by atoms with Crippen LogP contribution in [0.2, 0.25) is 0 Å². The third-order valence-corrected chi connectivity index (χ3v) is 7.38. The monoisotopic (exact) mass is 424 g/mol. The van der Waals surface area contributed by atoms with Crippen LogP contribution >= 0.6 is 0 Å². The van der Waals surface area contributed by atoms with Gasteiger partial charge in [-0.25, -0.2) is 8.42 Å². The van der Waals surface area contributed by atoms with Crippen molar-refractivity contribution in [1.29, 1.82) is 0 Å². The van der Waals surface area contributed by atoms with E-state index in [1.165, 1.54) is 5.56 Å². The Morgan fingerprint density at radius 2 is 1.87 bits per heavy atom. The minimum Gasteiger partial charge on any atom is -0.355 e. The molecule has 3 aromatic rings. The topological polar surface area (TPSA) is 80.5 Å². The lowest BCUT2D eigenvalue weighted by atomic mass is 10.0. The number of aromatic nitrogens is 1. The van der Waals surface area contributed by atoms with E-state index in [-0.39, 0.29) is 29.1 Å². The van der Waals surface area contributed by atoms with Gasteiger partial charge in [0.25, 0.3) is 5.91 Å². The van der Waals surface area contributed by atoms with Crippen LogP contribution in [0.4, 0.5) is 0 Å². The molecule has 0 N–H and O–H groups in total. The number of rotatable bonds is 5. The zero-order chi connectivity index (χ0) is 21.3. The lowest BCUT2D eigenvalue weighted by Crippen LogP contribution is -2.40. The third-order valence-electron chi connectivity index (χ3n) is 5.63. The standard InChI is InChI=1S/C23H24N2O4S/c1-16-8-9-19(12-17(16)2)22-13-21(24-29-22)23(26)25(14-18-6-4-3-5-7-18)20-10-11-30(27,28)15-20/h3-9,12-13,20H,10-11,14-15H2,1-2H3/t20-/m0/s1. The van der Waals surface area contributed by atoms with Gasteiger partial charge < -0.3 is 9.42 Å². The molecule has 0 bridgehead atoms. The maximum atomic E-state index is 13.3. The summed E-state index contributed by atoms with van der Waals surface area (Å²) in [6.07, 6.45) is 0.433. The number of hydrogen-bond acceptors (Lipinski definition) is 5. The van der Waals surface area contributed by atoms with Gasteiger partial charge >= 0.3 is 0 Å². The Bertz CT molecular complexity index is 1170. The molecule has 4 rings (SSSR count). The first-order valence-electron chi connectivity index (χ1n) is 9.92. The van der Waals surface area contributed by atoms with Crippen LogP contribution in [-0.2, 0) is 16.4 Å². The summed E-state index contributed by atoms with van der Waals surface area (Å²) in [6.45, 7) is 4.38. The minimum absolute atomic E-state index is 0.0204.